The Labute approximate surface area is 217 Å². The van der Waals surface area contributed by atoms with Gasteiger partial charge in [-0.1, -0.05) is 48.5 Å². The molecule has 1 aromatic heterocycles. The molecule has 0 saturated carbocycles. The average Bonchev–Trinajstić information content (AvgIpc) is 2.96. The first-order chi connectivity index (χ1) is 18.3. The van der Waals surface area contributed by atoms with E-state index in [1.165, 1.54) is 24.1 Å². The first-order valence-corrected chi connectivity index (χ1v) is 11.3. The molecule has 38 heavy (non-hydrogen) atoms. The van der Waals surface area contributed by atoms with Gasteiger partial charge in [-0.05, 0) is 29.8 Å². The predicted octanol–water partition coefficient (Wildman–Crippen LogP) is 4.58. The van der Waals surface area contributed by atoms with Crippen LogP contribution >= 0.6 is 0 Å². The van der Waals surface area contributed by atoms with Crippen LogP contribution in [0.1, 0.15) is 23.6 Å². The van der Waals surface area contributed by atoms with Crippen LogP contribution in [0.15, 0.2) is 95.5 Å². The van der Waals surface area contributed by atoms with Gasteiger partial charge in [-0.15, -0.1) is 0 Å². The maximum absolute atomic E-state index is 13.1. The summed E-state index contributed by atoms with van der Waals surface area (Å²) < 4.78 is 36.3. The van der Waals surface area contributed by atoms with E-state index in [0.717, 1.165) is 7.11 Å². The molecule has 0 fully saturated rings. The number of nitrogens with two attached hydrogens (primary N) is 1. The van der Waals surface area contributed by atoms with E-state index in [1.54, 1.807) is 60.7 Å². The average molecular weight is 517 g/mol. The normalized spacial score (nSPS) is 15.4. The number of halogens is 2. The lowest BCUT2D eigenvalue weighted by atomic mass is 9.81. The minimum atomic E-state index is -2.72. The van der Waals surface area contributed by atoms with Crippen LogP contribution in [0, 0.1) is 11.3 Å². The van der Waals surface area contributed by atoms with Crippen molar-refractivity contribution in [3.63, 3.8) is 0 Å². The molecule has 1 aliphatic rings. The number of benzene rings is 2. The van der Waals surface area contributed by atoms with Gasteiger partial charge in [0.15, 0.2) is 0 Å². The number of hydrogen-bond acceptors (Lipinski definition) is 8. The Morgan fingerprint density at radius 3 is 2.21 bits per heavy atom. The predicted molar refractivity (Wildman–Crippen MR) is 134 cm³/mol. The Morgan fingerprint density at radius 1 is 0.974 bits per heavy atom. The highest BCUT2D eigenvalue weighted by Gasteiger charge is 2.42. The van der Waals surface area contributed by atoms with Gasteiger partial charge in [0, 0.05) is 11.3 Å². The largest absolute Gasteiger partial charge is 0.466 e. The second-order valence-corrected chi connectivity index (χ2v) is 8.13. The minimum Gasteiger partial charge on any atom is -0.466 e. The number of carbonyl (C=O) groups excluding carboxylic acids is 2. The van der Waals surface area contributed by atoms with Gasteiger partial charge in [0.25, 0.3) is 6.43 Å². The van der Waals surface area contributed by atoms with E-state index < -0.39 is 24.3 Å². The van der Waals surface area contributed by atoms with Crippen molar-refractivity contribution >= 4 is 17.6 Å². The summed E-state index contributed by atoms with van der Waals surface area (Å²) in [5, 5.41) is 10.1. The number of esters is 2. The quantitative estimate of drug-likeness (QED) is 0.473. The molecule has 2 heterocycles. The van der Waals surface area contributed by atoms with E-state index in [0.29, 0.717) is 22.5 Å². The first-order valence-electron chi connectivity index (χ1n) is 11.3. The molecule has 0 spiro atoms. The molecule has 0 radical (unpaired) electrons. The number of aromatic nitrogens is 1. The second kappa shape index (κ2) is 10.9. The van der Waals surface area contributed by atoms with Crippen molar-refractivity contribution in [1.29, 1.82) is 5.26 Å². The molecular formula is C28H22F2N4O4. The SMILES string of the molecule is COC(=O)C1=C(C(=O)OC)N(c2ccc(-c3cccc(C(F)F)n3)cc2)C(N)=C(C#N)C1c1ccccc1. The minimum absolute atomic E-state index is 0.0274. The molecule has 8 nitrogen and oxygen atoms in total. The summed E-state index contributed by atoms with van der Waals surface area (Å²) in [7, 11) is 2.32. The number of alkyl halides is 2. The van der Waals surface area contributed by atoms with E-state index in [1.807, 2.05) is 0 Å². The third-order valence-corrected chi connectivity index (χ3v) is 6.03. The van der Waals surface area contributed by atoms with Crippen molar-refractivity contribution in [3.8, 4) is 17.3 Å². The van der Waals surface area contributed by atoms with E-state index >= 15 is 0 Å². The number of hydrogen-bond donors (Lipinski definition) is 1. The number of pyridine rings is 1. The van der Waals surface area contributed by atoms with Gasteiger partial charge in [-0.2, -0.15) is 5.26 Å². The summed E-state index contributed by atoms with van der Waals surface area (Å²) in [5.41, 5.74) is 7.52. The number of methoxy groups -OCH3 is 2. The highest BCUT2D eigenvalue weighted by molar-refractivity contribution is 6.06. The Balaban J connectivity index is 1.91. The number of nitriles is 1. The van der Waals surface area contributed by atoms with Crippen molar-refractivity contribution in [2.45, 2.75) is 12.3 Å². The van der Waals surface area contributed by atoms with Crippen LogP contribution in [0.2, 0.25) is 0 Å². The highest BCUT2D eigenvalue weighted by Crippen LogP contribution is 2.43. The smallest absolute Gasteiger partial charge is 0.355 e. The van der Waals surface area contributed by atoms with Gasteiger partial charge in [0.2, 0.25) is 0 Å². The molecular weight excluding hydrogens is 494 g/mol. The topological polar surface area (TPSA) is 119 Å². The Kier molecular flexibility index (Phi) is 7.48. The van der Waals surface area contributed by atoms with Crippen LogP contribution in [0.25, 0.3) is 11.3 Å². The Hall–Kier alpha value is -5.04. The molecule has 0 amide bonds. The number of nitrogens with zero attached hydrogens (tertiary/aromatic N) is 3. The Bertz CT molecular complexity index is 1480. The van der Waals surface area contributed by atoms with Crippen molar-refractivity contribution in [2.24, 2.45) is 5.73 Å². The number of carbonyl (C=O) groups is 2. The van der Waals surface area contributed by atoms with Crippen LogP contribution in [0.5, 0.6) is 0 Å². The molecule has 0 bridgehead atoms. The Morgan fingerprint density at radius 2 is 1.63 bits per heavy atom. The lowest BCUT2D eigenvalue weighted by molar-refractivity contribution is -0.139. The van der Waals surface area contributed by atoms with Crippen LogP contribution in [-0.2, 0) is 19.1 Å². The summed E-state index contributed by atoms with van der Waals surface area (Å²) >= 11 is 0. The van der Waals surface area contributed by atoms with Crippen molar-refractivity contribution in [3.05, 3.63) is 107 Å². The molecule has 4 rings (SSSR count). The van der Waals surface area contributed by atoms with Gasteiger partial charge in [0.1, 0.15) is 17.2 Å². The van der Waals surface area contributed by atoms with Crippen molar-refractivity contribution in [2.75, 3.05) is 19.1 Å². The molecule has 1 unspecified atom stereocenters. The van der Waals surface area contributed by atoms with E-state index in [4.69, 9.17) is 15.2 Å². The fourth-order valence-electron chi connectivity index (χ4n) is 4.30. The second-order valence-electron chi connectivity index (χ2n) is 8.13. The molecule has 10 heteroatoms. The van der Waals surface area contributed by atoms with E-state index in [2.05, 4.69) is 11.1 Å². The zero-order valence-electron chi connectivity index (χ0n) is 20.4. The molecule has 1 atom stereocenters. The summed E-state index contributed by atoms with van der Waals surface area (Å²) in [6, 6.07) is 21.4. The van der Waals surface area contributed by atoms with Crippen LogP contribution in [-0.4, -0.2) is 31.1 Å². The lowest BCUT2D eigenvalue weighted by Gasteiger charge is -2.35. The monoisotopic (exact) mass is 516 g/mol. The van der Waals surface area contributed by atoms with Crippen molar-refractivity contribution < 1.29 is 27.8 Å². The van der Waals surface area contributed by atoms with Crippen molar-refractivity contribution in [1.82, 2.24) is 4.98 Å². The van der Waals surface area contributed by atoms with Gasteiger partial charge >= 0.3 is 11.9 Å². The third-order valence-electron chi connectivity index (χ3n) is 6.03. The molecule has 1 aliphatic heterocycles. The van der Waals surface area contributed by atoms with Crippen LogP contribution < -0.4 is 10.6 Å². The standard InChI is InChI=1S/C28H22F2N4O4/c1-37-27(35)23-22(17-7-4-3-5-8-17)19(15-31)26(32)34(24(23)28(36)38-2)18-13-11-16(12-14-18)20-9-6-10-21(33-20)25(29)30/h3-14,22,25H,32H2,1-2H3. The maximum Gasteiger partial charge on any atom is 0.355 e. The summed E-state index contributed by atoms with van der Waals surface area (Å²) in [6.45, 7) is 0. The van der Waals surface area contributed by atoms with E-state index in [-0.39, 0.29) is 28.4 Å². The zero-order chi connectivity index (χ0) is 27.4. The molecule has 3 aromatic rings. The number of rotatable bonds is 6. The molecule has 2 N–H and O–H groups in total. The zero-order valence-corrected chi connectivity index (χ0v) is 20.4. The highest BCUT2D eigenvalue weighted by atomic mass is 19.3. The number of anilines is 1. The summed E-state index contributed by atoms with van der Waals surface area (Å²) in [5.74, 6) is -2.78. The maximum atomic E-state index is 13.1. The summed E-state index contributed by atoms with van der Waals surface area (Å²) in [4.78, 5) is 31.5. The molecule has 0 aliphatic carbocycles. The number of allylic oxidation sites excluding steroid dienone is 1. The van der Waals surface area contributed by atoms with E-state index in [9.17, 15) is 23.6 Å². The lowest BCUT2D eigenvalue weighted by Crippen LogP contribution is -2.40. The van der Waals surface area contributed by atoms with Gasteiger partial charge in [0.05, 0.1) is 43.0 Å². The fraction of sp³-hybridized carbons (Fsp3) is 0.143. The fourth-order valence-corrected chi connectivity index (χ4v) is 4.30. The first kappa shape index (κ1) is 26.0. The number of ether oxygens (including phenoxy) is 2. The van der Waals surface area contributed by atoms with Gasteiger partial charge < -0.3 is 15.2 Å². The molecule has 192 valence electrons. The van der Waals surface area contributed by atoms with Gasteiger partial charge in [-0.25, -0.2) is 23.4 Å². The summed E-state index contributed by atoms with van der Waals surface area (Å²) in [6.07, 6.45) is -2.72. The van der Waals surface area contributed by atoms with Gasteiger partial charge in [-0.3, -0.25) is 4.90 Å². The third kappa shape index (κ3) is 4.69. The van der Waals surface area contributed by atoms with Crippen LogP contribution in [0.4, 0.5) is 14.5 Å². The molecule has 2 aromatic carbocycles. The van der Waals surface area contributed by atoms with Crippen LogP contribution in [0.3, 0.4) is 0 Å². The molecule has 0 saturated heterocycles.